The second-order valence-electron chi connectivity index (χ2n) is 6.30. The summed E-state index contributed by atoms with van der Waals surface area (Å²) < 4.78 is 5.37. The molecule has 0 aromatic rings. The molecule has 1 aliphatic carbocycles. The molecule has 2 aliphatic heterocycles. The lowest BCUT2D eigenvalue weighted by atomic mass is 9.95. The number of rotatable bonds is 3. The van der Waals surface area contributed by atoms with Crippen molar-refractivity contribution in [2.24, 2.45) is 11.7 Å². The molecule has 3 fully saturated rings. The van der Waals surface area contributed by atoms with Crippen molar-refractivity contribution in [2.75, 3.05) is 45.9 Å². The summed E-state index contributed by atoms with van der Waals surface area (Å²) >= 11 is 0. The maximum Gasteiger partial charge on any atom is 0.242 e. The number of amides is 1. The van der Waals surface area contributed by atoms with Crippen LogP contribution in [-0.4, -0.2) is 67.2 Å². The molecule has 124 valence electrons. The number of likely N-dealkylation sites (tertiary alicyclic amines) is 1. The molecule has 0 aromatic heterocycles. The number of hydrogen-bond acceptors (Lipinski definition) is 4. The van der Waals surface area contributed by atoms with Gasteiger partial charge in [-0.25, -0.2) is 0 Å². The van der Waals surface area contributed by atoms with Crippen LogP contribution in [0.3, 0.4) is 0 Å². The fourth-order valence-corrected chi connectivity index (χ4v) is 3.13. The van der Waals surface area contributed by atoms with Crippen molar-refractivity contribution in [3.63, 3.8) is 0 Å². The summed E-state index contributed by atoms with van der Waals surface area (Å²) in [4.78, 5) is 16.6. The molecule has 0 aromatic carbocycles. The van der Waals surface area contributed by atoms with Gasteiger partial charge < -0.3 is 15.4 Å². The summed E-state index contributed by atoms with van der Waals surface area (Å²) in [6.07, 6.45) is 4.00. The van der Waals surface area contributed by atoms with Crippen LogP contribution in [0.15, 0.2) is 0 Å². The Hall–Kier alpha value is -0.0700. The van der Waals surface area contributed by atoms with Gasteiger partial charge in [-0.2, -0.15) is 0 Å². The molecule has 0 radical (unpaired) electrons. The first kappa shape index (κ1) is 19.0. The van der Waals surface area contributed by atoms with Crippen LogP contribution in [0.25, 0.3) is 0 Å². The van der Waals surface area contributed by atoms with Gasteiger partial charge in [-0.3, -0.25) is 9.69 Å². The number of carbonyl (C=O) groups is 1. The third-order valence-electron chi connectivity index (χ3n) is 4.74. The number of halogens is 2. The van der Waals surface area contributed by atoms with E-state index in [1.54, 1.807) is 0 Å². The first-order valence-corrected chi connectivity index (χ1v) is 7.56. The molecule has 21 heavy (non-hydrogen) atoms. The largest absolute Gasteiger partial charge is 0.379 e. The number of carbonyl (C=O) groups excluding carboxylic acids is 1. The molecule has 0 atom stereocenters. The first-order chi connectivity index (χ1) is 9.17. The zero-order valence-electron chi connectivity index (χ0n) is 12.5. The topological polar surface area (TPSA) is 58.8 Å². The molecule has 1 saturated carbocycles. The van der Waals surface area contributed by atoms with Crippen LogP contribution in [0.1, 0.15) is 25.7 Å². The second-order valence-corrected chi connectivity index (χ2v) is 6.30. The Labute approximate surface area is 139 Å². The smallest absolute Gasteiger partial charge is 0.242 e. The van der Waals surface area contributed by atoms with E-state index in [-0.39, 0.29) is 30.7 Å². The minimum Gasteiger partial charge on any atom is -0.379 e. The van der Waals surface area contributed by atoms with Gasteiger partial charge in [-0.1, -0.05) is 0 Å². The highest BCUT2D eigenvalue weighted by atomic mass is 35.5. The van der Waals surface area contributed by atoms with Crippen LogP contribution in [0, 0.1) is 5.92 Å². The molecule has 7 heteroatoms. The average molecular weight is 340 g/mol. The summed E-state index contributed by atoms with van der Waals surface area (Å²) in [5.74, 6) is 0.924. The Morgan fingerprint density at radius 3 is 2.19 bits per heavy atom. The number of piperidine rings is 1. The number of ether oxygens (including phenoxy) is 1. The van der Waals surface area contributed by atoms with E-state index in [0.717, 1.165) is 71.0 Å². The molecule has 3 rings (SSSR count). The van der Waals surface area contributed by atoms with Crippen molar-refractivity contribution >= 4 is 30.7 Å². The third-order valence-corrected chi connectivity index (χ3v) is 4.74. The van der Waals surface area contributed by atoms with Crippen LogP contribution in [0.5, 0.6) is 0 Å². The van der Waals surface area contributed by atoms with Crippen LogP contribution < -0.4 is 5.73 Å². The number of hydrogen-bond donors (Lipinski definition) is 1. The summed E-state index contributed by atoms with van der Waals surface area (Å²) in [6.45, 7) is 6.81. The van der Waals surface area contributed by atoms with E-state index in [1.807, 2.05) is 4.90 Å². The Balaban J connectivity index is 0.00000110. The maximum atomic E-state index is 12.2. The summed E-state index contributed by atoms with van der Waals surface area (Å²) in [6, 6.07) is 0. The van der Waals surface area contributed by atoms with E-state index in [0.29, 0.717) is 0 Å². The summed E-state index contributed by atoms with van der Waals surface area (Å²) in [7, 11) is 0. The van der Waals surface area contributed by atoms with Crippen LogP contribution in [-0.2, 0) is 9.53 Å². The Bertz CT molecular complexity index is 339. The summed E-state index contributed by atoms with van der Waals surface area (Å²) in [5, 5.41) is 0. The van der Waals surface area contributed by atoms with Gasteiger partial charge in [0.15, 0.2) is 0 Å². The van der Waals surface area contributed by atoms with Gasteiger partial charge in [-0.15, -0.1) is 24.8 Å². The SMILES string of the molecule is Cl.Cl.NC1(C(=O)N2CCC(CN3CCOCC3)CC2)CC1. The van der Waals surface area contributed by atoms with E-state index in [4.69, 9.17) is 10.5 Å². The fraction of sp³-hybridized carbons (Fsp3) is 0.929. The van der Waals surface area contributed by atoms with E-state index in [2.05, 4.69) is 4.90 Å². The van der Waals surface area contributed by atoms with Crippen molar-refractivity contribution in [3.05, 3.63) is 0 Å². The molecular weight excluding hydrogens is 313 g/mol. The van der Waals surface area contributed by atoms with E-state index in [1.165, 1.54) is 6.54 Å². The Morgan fingerprint density at radius 1 is 1.10 bits per heavy atom. The van der Waals surface area contributed by atoms with Gasteiger partial charge in [0.25, 0.3) is 0 Å². The van der Waals surface area contributed by atoms with Crippen molar-refractivity contribution < 1.29 is 9.53 Å². The molecule has 2 N–H and O–H groups in total. The van der Waals surface area contributed by atoms with E-state index in [9.17, 15) is 4.79 Å². The normalized spacial score (nSPS) is 25.7. The van der Waals surface area contributed by atoms with Gasteiger partial charge in [0.1, 0.15) is 0 Å². The standard InChI is InChI=1S/C14H25N3O2.2ClH/c15-14(3-4-14)13(18)17-5-1-12(2-6-17)11-16-7-9-19-10-8-16;;/h12H,1-11,15H2;2*1H. The van der Waals surface area contributed by atoms with Gasteiger partial charge in [0, 0.05) is 32.7 Å². The quantitative estimate of drug-likeness (QED) is 0.829. The van der Waals surface area contributed by atoms with E-state index < -0.39 is 5.54 Å². The second kappa shape index (κ2) is 7.97. The zero-order valence-corrected chi connectivity index (χ0v) is 14.1. The Morgan fingerprint density at radius 2 is 1.67 bits per heavy atom. The molecule has 2 heterocycles. The number of nitrogens with two attached hydrogens (primary N) is 1. The van der Waals surface area contributed by atoms with Gasteiger partial charge in [0.05, 0.1) is 18.8 Å². The minimum atomic E-state index is -0.489. The summed E-state index contributed by atoms with van der Waals surface area (Å²) in [5.41, 5.74) is 5.50. The lowest BCUT2D eigenvalue weighted by Crippen LogP contribution is -2.50. The molecule has 0 bridgehead atoms. The zero-order chi connectivity index (χ0) is 13.3. The van der Waals surface area contributed by atoms with Crippen LogP contribution >= 0.6 is 24.8 Å². The minimum absolute atomic E-state index is 0. The van der Waals surface area contributed by atoms with Gasteiger partial charge >= 0.3 is 0 Å². The van der Waals surface area contributed by atoms with Crippen LogP contribution in [0.2, 0.25) is 0 Å². The predicted molar refractivity (Wildman–Crippen MR) is 87.2 cm³/mol. The first-order valence-electron chi connectivity index (χ1n) is 7.56. The molecule has 5 nitrogen and oxygen atoms in total. The lowest BCUT2D eigenvalue weighted by molar-refractivity contribution is -0.135. The van der Waals surface area contributed by atoms with Crippen molar-refractivity contribution in [2.45, 2.75) is 31.2 Å². The molecule has 2 saturated heterocycles. The number of nitrogens with zero attached hydrogens (tertiary/aromatic N) is 2. The highest BCUT2D eigenvalue weighted by Crippen LogP contribution is 2.35. The Kier molecular flexibility index (Phi) is 7.20. The monoisotopic (exact) mass is 339 g/mol. The highest BCUT2D eigenvalue weighted by molar-refractivity contribution is 5.89. The third kappa shape index (κ3) is 4.70. The molecule has 1 amide bonds. The molecular formula is C14H27Cl2N3O2. The van der Waals surface area contributed by atoms with Gasteiger partial charge in [0.2, 0.25) is 5.91 Å². The fourth-order valence-electron chi connectivity index (χ4n) is 3.13. The van der Waals surface area contributed by atoms with Crippen molar-refractivity contribution in [3.8, 4) is 0 Å². The highest BCUT2D eigenvalue weighted by Gasteiger charge is 2.48. The molecule has 0 spiro atoms. The average Bonchev–Trinajstić information content (AvgIpc) is 3.19. The van der Waals surface area contributed by atoms with E-state index >= 15 is 0 Å². The maximum absolute atomic E-state index is 12.2. The van der Waals surface area contributed by atoms with Crippen molar-refractivity contribution in [1.29, 1.82) is 0 Å². The van der Waals surface area contributed by atoms with Crippen molar-refractivity contribution in [1.82, 2.24) is 9.80 Å². The van der Waals surface area contributed by atoms with Crippen LogP contribution in [0.4, 0.5) is 0 Å². The predicted octanol–water partition coefficient (Wildman–Crippen LogP) is 0.892. The van der Waals surface area contributed by atoms with Gasteiger partial charge in [-0.05, 0) is 31.6 Å². The lowest BCUT2D eigenvalue weighted by Gasteiger charge is -2.36. The number of morpholine rings is 1. The molecule has 0 unspecified atom stereocenters. The molecule has 3 aliphatic rings.